The van der Waals surface area contributed by atoms with E-state index in [2.05, 4.69) is 26.3 Å². The van der Waals surface area contributed by atoms with Gasteiger partial charge in [-0.25, -0.2) is 0 Å². The molecule has 1 amide bonds. The maximum atomic E-state index is 12.4. The summed E-state index contributed by atoms with van der Waals surface area (Å²) in [6.07, 6.45) is 0. The molecule has 0 saturated heterocycles. The van der Waals surface area contributed by atoms with Crippen LogP contribution in [0.5, 0.6) is 0 Å². The van der Waals surface area contributed by atoms with Crippen molar-refractivity contribution in [1.29, 1.82) is 0 Å². The highest BCUT2D eigenvalue weighted by Gasteiger charge is 2.16. The molecule has 0 unspecified atom stereocenters. The second-order valence-electron chi connectivity index (χ2n) is 6.01. The van der Waals surface area contributed by atoms with E-state index in [1.165, 1.54) is 22.5 Å². The lowest BCUT2D eigenvalue weighted by molar-refractivity contribution is -0.115. The summed E-state index contributed by atoms with van der Waals surface area (Å²) in [4.78, 5) is 24.6. The van der Waals surface area contributed by atoms with Gasteiger partial charge < -0.3 is 5.32 Å². The number of carbonyl (C=O) groups is 1. The average molecular weight is 444 g/mol. The van der Waals surface area contributed by atoms with Gasteiger partial charge in [0.1, 0.15) is 5.03 Å². The molecular weight excluding hydrogens is 426 g/mol. The lowest BCUT2D eigenvalue weighted by Gasteiger charge is -2.12. The molecule has 1 atom stereocenters. The van der Waals surface area contributed by atoms with Crippen molar-refractivity contribution < 1.29 is 4.79 Å². The number of rotatable bonds is 5. The SMILES string of the molecule is Cc1ccc(-n2nc(S[C@@H](C)C(=O)Nc3ccc(Br)cc3)ccc2=O)cc1. The van der Waals surface area contributed by atoms with Gasteiger partial charge in [0, 0.05) is 16.2 Å². The second kappa shape index (κ2) is 8.54. The van der Waals surface area contributed by atoms with Gasteiger partial charge in [-0.1, -0.05) is 45.4 Å². The predicted molar refractivity (Wildman–Crippen MR) is 113 cm³/mol. The van der Waals surface area contributed by atoms with Crippen molar-refractivity contribution in [1.82, 2.24) is 9.78 Å². The monoisotopic (exact) mass is 443 g/mol. The molecule has 0 radical (unpaired) electrons. The molecule has 0 aliphatic carbocycles. The Morgan fingerprint density at radius 2 is 1.74 bits per heavy atom. The Bertz CT molecular complexity index is 1000. The summed E-state index contributed by atoms with van der Waals surface area (Å²) in [5, 5.41) is 7.51. The number of hydrogen-bond donors (Lipinski definition) is 1. The number of aromatic nitrogens is 2. The van der Waals surface area contributed by atoms with Crippen LogP contribution in [0.4, 0.5) is 5.69 Å². The van der Waals surface area contributed by atoms with Crippen LogP contribution in [0.15, 0.2) is 75.0 Å². The number of amides is 1. The highest BCUT2D eigenvalue weighted by atomic mass is 79.9. The van der Waals surface area contributed by atoms with Crippen molar-refractivity contribution in [3.05, 3.63) is 81.1 Å². The minimum atomic E-state index is -0.370. The summed E-state index contributed by atoms with van der Waals surface area (Å²) >= 11 is 4.67. The van der Waals surface area contributed by atoms with E-state index >= 15 is 0 Å². The molecule has 138 valence electrons. The Balaban J connectivity index is 1.74. The van der Waals surface area contributed by atoms with Gasteiger partial charge in [0.25, 0.3) is 5.56 Å². The Kier molecular flexibility index (Phi) is 6.13. The topological polar surface area (TPSA) is 64.0 Å². The van der Waals surface area contributed by atoms with E-state index in [4.69, 9.17) is 0 Å². The first-order valence-corrected chi connectivity index (χ1v) is 10.00. The molecule has 5 nitrogen and oxygen atoms in total. The summed E-state index contributed by atoms with van der Waals surface area (Å²) < 4.78 is 2.30. The molecular formula is C20H18BrN3O2S. The third-order valence-electron chi connectivity index (χ3n) is 3.83. The zero-order chi connectivity index (χ0) is 19.4. The van der Waals surface area contributed by atoms with Crippen molar-refractivity contribution in [2.45, 2.75) is 24.1 Å². The number of benzene rings is 2. The van der Waals surface area contributed by atoms with Crippen LogP contribution in [-0.2, 0) is 4.79 Å². The molecule has 0 saturated carbocycles. The number of aryl methyl sites for hydroxylation is 1. The van der Waals surface area contributed by atoms with Crippen LogP contribution in [0, 0.1) is 6.92 Å². The van der Waals surface area contributed by atoms with Crippen molar-refractivity contribution >= 4 is 39.3 Å². The number of anilines is 1. The van der Waals surface area contributed by atoms with Crippen molar-refractivity contribution in [2.75, 3.05) is 5.32 Å². The first-order chi connectivity index (χ1) is 12.9. The van der Waals surface area contributed by atoms with Gasteiger partial charge >= 0.3 is 0 Å². The van der Waals surface area contributed by atoms with E-state index in [1.54, 1.807) is 6.07 Å². The molecule has 2 aromatic carbocycles. The Hall–Kier alpha value is -2.38. The average Bonchev–Trinajstić information content (AvgIpc) is 2.66. The molecule has 3 aromatic rings. The lowest BCUT2D eigenvalue weighted by Crippen LogP contribution is -2.24. The summed E-state index contributed by atoms with van der Waals surface area (Å²) in [7, 11) is 0. The Morgan fingerprint density at radius 1 is 1.07 bits per heavy atom. The molecule has 0 fully saturated rings. The zero-order valence-electron chi connectivity index (χ0n) is 14.8. The number of hydrogen-bond acceptors (Lipinski definition) is 4. The summed E-state index contributed by atoms with van der Waals surface area (Å²) in [5.74, 6) is -0.128. The second-order valence-corrected chi connectivity index (χ2v) is 8.29. The largest absolute Gasteiger partial charge is 0.325 e. The Labute approximate surface area is 169 Å². The van der Waals surface area contributed by atoms with E-state index < -0.39 is 0 Å². The van der Waals surface area contributed by atoms with E-state index in [1.807, 2.05) is 62.4 Å². The number of halogens is 1. The molecule has 0 aliphatic heterocycles. The van der Waals surface area contributed by atoms with Crippen LogP contribution in [0.3, 0.4) is 0 Å². The fourth-order valence-electron chi connectivity index (χ4n) is 2.34. The first kappa shape index (κ1) is 19.4. The molecule has 0 aliphatic rings. The number of carbonyl (C=O) groups excluding carboxylic acids is 1. The molecule has 27 heavy (non-hydrogen) atoms. The fourth-order valence-corrected chi connectivity index (χ4v) is 3.41. The third kappa shape index (κ3) is 5.08. The van der Waals surface area contributed by atoms with Crippen LogP contribution in [0.1, 0.15) is 12.5 Å². The minimum Gasteiger partial charge on any atom is -0.325 e. The third-order valence-corrected chi connectivity index (χ3v) is 5.39. The van der Waals surface area contributed by atoms with Gasteiger partial charge in [-0.3, -0.25) is 9.59 Å². The lowest BCUT2D eigenvalue weighted by atomic mass is 10.2. The van der Waals surface area contributed by atoms with Gasteiger partial charge in [-0.2, -0.15) is 9.78 Å². The smallest absolute Gasteiger partial charge is 0.271 e. The highest BCUT2D eigenvalue weighted by molar-refractivity contribution is 9.10. The van der Waals surface area contributed by atoms with E-state index in [0.717, 1.165) is 15.7 Å². The Morgan fingerprint density at radius 3 is 2.41 bits per heavy atom. The van der Waals surface area contributed by atoms with E-state index in [9.17, 15) is 9.59 Å². The van der Waals surface area contributed by atoms with E-state index in [-0.39, 0.29) is 16.7 Å². The molecule has 3 rings (SSSR count). The van der Waals surface area contributed by atoms with Gasteiger partial charge in [-0.05, 0) is 56.3 Å². The van der Waals surface area contributed by atoms with Crippen LogP contribution < -0.4 is 10.9 Å². The van der Waals surface area contributed by atoms with Crippen molar-refractivity contribution in [2.24, 2.45) is 0 Å². The van der Waals surface area contributed by atoms with Crippen molar-refractivity contribution in [3.63, 3.8) is 0 Å². The van der Waals surface area contributed by atoms with Crippen LogP contribution in [-0.4, -0.2) is 20.9 Å². The molecule has 0 spiro atoms. The molecule has 0 bridgehead atoms. The van der Waals surface area contributed by atoms with E-state index in [0.29, 0.717) is 10.7 Å². The van der Waals surface area contributed by atoms with Gasteiger partial charge in [0.05, 0.1) is 10.9 Å². The maximum Gasteiger partial charge on any atom is 0.271 e. The zero-order valence-corrected chi connectivity index (χ0v) is 17.3. The maximum absolute atomic E-state index is 12.4. The number of nitrogens with zero attached hydrogens (tertiary/aromatic N) is 2. The molecule has 1 N–H and O–H groups in total. The summed E-state index contributed by atoms with van der Waals surface area (Å²) in [5.41, 5.74) is 2.32. The van der Waals surface area contributed by atoms with Gasteiger partial charge in [0.15, 0.2) is 0 Å². The highest BCUT2D eigenvalue weighted by Crippen LogP contribution is 2.22. The molecule has 7 heteroatoms. The normalized spacial score (nSPS) is 11.8. The predicted octanol–water partition coefficient (Wildman–Crippen LogP) is 4.42. The minimum absolute atomic E-state index is 0.128. The number of nitrogens with one attached hydrogen (secondary N) is 1. The molecule has 1 heterocycles. The van der Waals surface area contributed by atoms with Gasteiger partial charge in [0.2, 0.25) is 5.91 Å². The first-order valence-electron chi connectivity index (χ1n) is 8.33. The number of thioether (sulfide) groups is 1. The summed E-state index contributed by atoms with van der Waals surface area (Å²) in [6, 6.07) is 18.1. The van der Waals surface area contributed by atoms with Crippen molar-refractivity contribution in [3.8, 4) is 5.69 Å². The van der Waals surface area contributed by atoms with Gasteiger partial charge in [-0.15, -0.1) is 0 Å². The quantitative estimate of drug-likeness (QED) is 0.592. The fraction of sp³-hybridized carbons (Fsp3) is 0.150. The summed E-state index contributed by atoms with van der Waals surface area (Å²) in [6.45, 7) is 3.79. The standard InChI is InChI=1S/C20H18BrN3O2S/c1-13-3-9-17(10-4-13)24-19(25)12-11-18(23-24)27-14(2)20(26)22-16-7-5-15(21)6-8-16/h3-12,14H,1-2H3,(H,22,26)/t14-/m0/s1. The van der Waals surface area contributed by atoms with Crippen LogP contribution in [0.2, 0.25) is 0 Å². The van der Waals surface area contributed by atoms with Crippen LogP contribution >= 0.6 is 27.7 Å². The molecule has 1 aromatic heterocycles. The van der Waals surface area contributed by atoms with Crippen LogP contribution in [0.25, 0.3) is 5.69 Å².